The zero-order chi connectivity index (χ0) is 16.7. The summed E-state index contributed by atoms with van der Waals surface area (Å²) in [6, 6.07) is 18.8. The number of para-hydroxylation sites is 1. The van der Waals surface area contributed by atoms with Crippen LogP contribution in [0.4, 0.5) is 5.69 Å². The number of nitrogens with one attached hydrogen (secondary N) is 1. The highest BCUT2D eigenvalue weighted by atomic mass is 16.5. The van der Waals surface area contributed by atoms with E-state index in [1.165, 1.54) is 0 Å². The van der Waals surface area contributed by atoms with E-state index < -0.39 is 6.10 Å². The van der Waals surface area contributed by atoms with E-state index in [2.05, 4.69) is 5.32 Å². The molecule has 2 atom stereocenters. The van der Waals surface area contributed by atoms with Crippen molar-refractivity contribution in [3.63, 3.8) is 0 Å². The Hall–Kier alpha value is -2.62. The fourth-order valence-corrected chi connectivity index (χ4v) is 2.21. The first-order valence-corrected chi connectivity index (χ1v) is 7.66. The molecule has 0 bridgehead atoms. The van der Waals surface area contributed by atoms with Gasteiger partial charge >= 0.3 is 5.97 Å². The van der Waals surface area contributed by atoms with Crippen LogP contribution in [0, 0.1) is 0 Å². The highest BCUT2D eigenvalue weighted by molar-refractivity contribution is 5.95. The van der Waals surface area contributed by atoms with Crippen molar-refractivity contribution in [2.45, 2.75) is 32.3 Å². The molecule has 0 radical (unpaired) electrons. The molecule has 120 valence electrons. The van der Waals surface area contributed by atoms with E-state index in [0.29, 0.717) is 5.69 Å². The lowest BCUT2D eigenvalue weighted by atomic mass is 9.98. The van der Waals surface area contributed by atoms with E-state index in [-0.39, 0.29) is 24.2 Å². The highest BCUT2D eigenvalue weighted by Gasteiger charge is 2.19. The van der Waals surface area contributed by atoms with Crippen LogP contribution in [0.2, 0.25) is 0 Å². The third kappa shape index (κ3) is 5.25. The van der Waals surface area contributed by atoms with Crippen LogP contribution < -0.4 is 5.32 Å². The van der Waals surface area contributed by atoms with Gasteiger partial charge in [-0.3, -0.25) is 9.59 Å². The first kappa shape index (κ1) is 16.7. The minimum absolute atomic E-state index is 0.0492. The largest absolute Gasteiger partial charge is 0.453 e. The van der Waals surface area contributed by atoms with Crippen molar-refractivity contribution >= 4 is 17.6 Å². The number of carbonyl (C=O) groups is 2. The fraction of sp³-hybridized carbons (Fsp3) is 0.263. The highest BCUT2D eigenvalue weighted by Crippen LogP contribution is 2.19. The molecule has 0 aliphatic heterocycles. The van der Waals surface area contributed by atoms with Crippen molar-refractivity contribution in [3.05, 3.63) is 66.2 Å². The van der Waals surface area contributed by atoms with Gasteiger partial charge in [-0.15, -0.1) is 0 Å². The van der Waals surface area contributed by atoms with Crippen LogP contribution in [0.3, 0.4) is 0 Å². The molecule has 2 rings (SSSR count). The Labute approximate surface area is 136 Å². The summed E-state index contributed by atoms with van der Waals surface area (Å²) in [5.74, 6) is -0.665. The van der Waals surface area contributed by atoms with Gasteiger partial charge in [0.2, 0.25) is 0 Å². The van der Waals surface area contributed by atoms with Gasteiger partial charge in [0.15, 0.2) is 6.10 Å². The number of benzene rings is 2. The van der Waals surface area contributed by atoms with Gasteiger partial charge in [0.05, 0.1) is 6.42 Å². The molecular weight excluding hydrogens is 290 g/mol. The summed E-state index contributed by atoms with van der Waals surface area (Å²) in [4.78, 5) is 24.0. The second-order valence-corrected chi connectivity index (χ2v) is 5.50. The molecule has 4 heteroatoms. The Morgan fingerprint density at radius 3 is 2.13 bits per heavy atom. The van der Waals surface area contributed by atoms with Crippen LogP contribution in [-0.2, 0) is 14.3 Å². The molecule has 23 heavy (non-hydrogen) atoms. The maximum Gasteiger partial charge on any atom is 0.307 e. The Kier molecular flexibility index (Phi) is 5.92. The van der Waals surface area contributed by atoms with Crippen molar-refractivity contribution in [1.82, 2.24) is 0 Å². The third-order valence-electron chi connectivity index (χ3n) is 3.56. The number of amides is 1. The van der Waals surface area contributed by atoms with Gasteiger partial charge in [-0.25, -0.2) is 0 Å². The third-order valence-corrected chi connectivity index (χ3v) is 3.56. The standard InChI is InChI=1S/C19H21NO3/c1-14(16-9-5-3-6-10-16)13-18(21)23-15(2)19(22)20-17-11-7-4-8-12-17/h3-12,14-15H,13H2,1-2H3,(H,20,22)/t14-,15-/m0/s1. The maximum atomic E-state index is 12.0. The summed E-state index contributed by atoms with van der Waals surface area (Å²) >= 11 is 0. The number of hydrogen-bond acceptors (Lipinski definition) is 3. The van der Waals surface area contributed by atoms with E-state index in [4.69, 9.17) is 4.74 Å². The summed E-state index contributed by atoms with van der Waals surface area (Å²) < 4.78 is 5.23. The molecule has 0 saturated heterocycles. The number of hydrogen-bond donors (Lipinski definition) is 1. The number of anilines is 1. The summed E-state index contributed by atoms with van der Waals surface area (Å²) in [6.45, 7) is 3.54. The predicted octanol–water partition coefficient (Wildman–Crippen LogP) is 3.75. The average molecular weight is 311 g/mol. The molecule has 0 saturated carbocycles. The smallest absolute Gasteiger partial charge is 0.307 e. The van der Waals surface area contributed by atoms with Gasteiger partial charge in [0.1, 0.15) is 0 Å². The van der Waals surface area contributed by atoms with Crippen LogP contribution in [-0.4, -0.2) is 18.0 Å². The molecule has 2 aromatic rings. The lowest BCUT2D eigenvalue weighted by Crippen LogP contribution is -2.30. The average Bonchev–Trinajstić information content (AvgIpc) is 2.56. The molecule has 0 fully saturated rings. The molecule has 4 nitrogen and oxygen atoms in total. The summed E-state index contributed by atoms with van der Waals surface area (Å²) in [7, 11) is 0. The number of carbonyl (C=O) groups excluding carboxylic acids is 2. The van der Waals surface area contributed by atoms with Gasteiger partial charge in [-0.2, -0.15) is 0 Å². The van der Waals surface area contributed by atoms with Gasteiger partial charge in [0.25, 0.3) is 5.91 Å². The van der Waals surface area contributed by atoms with Crippen molar-refractivity contribution < 1.29 is 14.3 Å². The Morgan fingerprint density at radius 2 is 1.52 bits per heavy atom. The maximum absolute atomic E-state index is 12.0. The van der Waals surface area contributed by atoms with Crippen molar-refractivity contribution in [2.24, 2.45) is 0 Å². The molecular formula is C19H21NO3. The van der Waals surface area contributed by atoms with Crippen LogP contribution in [0.25, 0.3) is 0 Å². The minimum atomic E-state index is -0.828. The van der Waals surface area contributed by atoms with Gasteiger partial charge in [-0.05, 0) is 30.5 Å². The molecule has 0 unspecified atom stereocenters. The quantitative estimate of drug-likeness (QED) is 0.827. The Morgan fingerprint density at radius 1 is 0.957 bits per heavy atom. The monoisotopic (exact) mass is 311 g/mol. The van der Waals surface area contributed by atoms with Crippen LogP contribution in [0.15, 0.2) is 60.7 Å². The van der Waals surface area contributed by atoms with E-state index in [9.17, 15) is 9.59 Å². The lowest BCUT2D eigenvalue weighted by molar-refractivity contribution is -0.153. The molecule has 1 N–H and O–H groups in total. The SMILES string of the molecule is C[C@H](OC(=O)C[C@H](C)c1ccccc1)C(=O)Nc1ccccc1. The Balaban J connectivity index is 1.83. The fourth-order valence-electron chi connectivity index (χ4n) is 2.21. The zero-order valence-electron chi connectivity index (χ0n) is 13.4. The van der Waals surface area contributed by atoms with E-state index in [1.807, 2.05) is 55.5 Å². The molecule has 0 aliphatic carbocycles. The van der Waals surface area contributed by atoms with Gasteiger partial charge in [0, 0.05) is 5.69 Å². The van der Waals surface area contributed by atoms with Crippen molar-refractivity contribution in [1.29, 1.82) is 0 Å². The number of rotatable bonds is 6. The van der Waals surface area contributed by atoms with Gasteiger partial charge < -0.3 is 10.1 Å². The van der Waals surface area contributed by atoms with Crippen LogP contribution >= 0.6 is 0 Å². The van der Waals surface area contributed by atoms with Crippen molar-refractivity contribution in [2.75, 3.05) is 5.32 Å². The summed E-state index contributed by atoms with van der Waals surface area (Å²) in [6.07, 6.45) is -0.585. The molecule has 0 aromatic heterocycles. The molecule has 2 aromatic carbocycles. The second kappa shape index (κ2) is 8.13. The predicted molar refractivity (Wildman–Crippen MR) is 90.1 cm³/mol. The van der Waals surface area contributed by atoms with Crippen LogP contribution in [0.1, 0.15) is 31.7 Å². The van der Waals surface area contributed by atoms with E-state index in [0.717, 1.165) is 5.56 Å². The summed E-state index contributed by atoms with van der Waals surface area (Å²) in [5, 5.41) is 2.72. The second-order valence-electron chi connectivity index (χ2n) is 5.50. The molecule has 1 amide bonds. The van der Waals surface area contributed by atoms with E-state index >= 15 is 0 Å². The molecule has 0 spiro atoms. The number of esters is 1. The lowest BCUT2D eigenvalue weighted by Gasteiger charge is -2.16. The summed E-state index contributed by atoms with van der Waals surface area (Å²) in [5.41, 5.74) is 1.75. The van der Waals surface area contributed by atoms with Crippen LogP contribution in [0.5, 0.6) is 0 Å². The topological polar surface area (TPSA) is 55.4 Å². The van der Waals surface area contributed by atoms with Gasteiger partial charge in [-0.1, -0.05) is 55.5 Å². The van der Waals surface area contributed by atoms with E-state index in [1.54, 1.807) is 19.1 Å². The van der Waals surface area contributed by atoms with Crippen molar-refractivity contribution in [3.8, 4) is 0 Å². The normalized spacial score (nSPS) is 13.0. The number of ether oxygens (including phenoxy) is 1. The first-order valence-electron chi connectivity index (χ1n) is 7.66. The zero-order valence-corrected chi connectivity index (χ0v) is 13.4. The Bertz CT molecular complexity index is 640. The molecule has 0 heterocycles. The minimum Gasteiger partial charge on any atom is -0.453 e. The molecule has 0 aliphatic rings. The first-order chi connectivity index (χ1) is 11.1.